The largest absolute Gasteiger partial charge is 0.355 e. The highest BCUT2D eigenvalue weighted by Crippen LogP contribution is 2.28. The van der Waals surface area contributed by atoms with Gasteiger partial charge >= 0.3 is 0 Å². The number of thioether (sulfide) groups is 1. The van der Waals surface area contributed by atoms with Crippen LogP contribution in [0, 0.1) is 0 Å². The summed E-state index contributed by atoms with van der Waals surface area (Å²) in [4.78, 5) is 7.03. The number of nitrogens with one attached hydrogen (secondary N) is 2. The van der Waals surface area contributed by atoms with Crippen LogP contribution in [0.15, 0.2) is 4.99 Å². The number of nitrogens with zero attached hydrogens (tertiary/aromatic N) is 2. The monoisotopic (exact) mass is 312 g/mol. The molecule has 1 aliphatic heterocycles. The molecule has 0 spiro atoms. The van der Waals surface area contributed by atoms with E-state index in [1.54, 1.807) is 0 Å². The van der Waals surface area contributed by atoms with E-state index < -0.39 is 0 Å². The molecule has 2 N–H and O–H groups in total. The topological polar surface area (TPSA) is 39.7 Å². The Morgan fingerprint density at radius 2 is 2.10 bits per heavy atom. The maximum Gasteiger partial charge on any atom is 0.191 e. The van der Waals surface area contributed by atoms with Gasteiger partial charge in [0.05, 0.1) is 0 Å². The fourth-order valence-electron chi connectivity index (χ4n) is 3.53. The molecule has 122 valence electrons. The van der Waals surface area contributed by atoms with Gasteiger partial charge in [-0.15, -0.1) is 0 Å². The lowest BCUT2D eigenvalue weighted by Gasteiger charge is -2.28. The van der Waals surface area contributed by atoms with E-state index in [1.807, 2.05) is 18.8 Å². The number of likely N-dealkylation sites (tertiary alicyclic amines) is 1. The lowest BCUT2D eigenvalue weighted by Crippen LogP contribution is -2.48. The van der Waals surface area contributed by atoms with Crippen molar-refractivity contribution < 1.29 is 0 Å². The minimum atomic E-state index is 0.598. The van der Waals surface area contributed by atoms with Crippen LogP contribution >= 0.6 is 11.8 Å². The van der Waals surface area contributed by atoms with Gasteiger partial charge in [-0.2, -0.15) is 11.8 Å². The van der Waals surface area contributed by atoms with E-state index in [-0.39, 0.29) is 0 Å². The number of aliphatic imine (C=N–C) groups is 1. The third-order valence-electron chi connectivity index (χ3n) is 4.92. The highest BCUT2D eigenvalue weighted by Gasteiger charge is 2.25. The van der Waals surface area contributed by atoms with Crippen LogP contribution in [0.3, 0.4) is 0 Å². The summed E-state index contributed by atoms with van der Waals surface area (Å²) in [6, 6.07) is 1.24. The van der Waals surface area contributed by atoms with Crippen LogP contribution in [0.5, 0.6) is 0 Å². The molecule has 0 bridgehead atoms. The molecule has 1 aliphatic carbocycles. The molecule has 4 nitrogen and oxygen atoms in total. The van der Waals surface area contributed by atoms with Crippen molar-refractivity contribution in [2.75, 3.05) is 32.9 Å². The summed E-state index contributed by atoms with van der Waals surface area (Å²) >= 11 is 2.00. The van der Waals surface area contributed by atoms with E-state index in [2.05, 4.69) is 33.7 Å². The Bertz CT molecular complexity index is 328. The Morgan fingerprint density at radius 1 is 1.33 bits per heavy atom. The van der Waals surface area contributed by atoms with Gasteiger partial charge in [-0.3, -0.25) is 9.89 Å². The predicted octanol–water partition coefficient (Wildman–Crippen LogP) is 2.31. The van der Waals surface area contributed by atoms with Crippen molar-refractivity contribution in [1.29, 1.82) is 0 Å². The van der Waals surface area contributed by atoms with Gasteiger partial charge in [-0.1, -0.05) is 6.92 Å². The van der Waals surface area contributed by atoms with Crippen LogP contribution < -0.4 is 10.6 Å². The molecular formula is C16H32N4S. The molecular weight excluding hydrogens is 280 g/mol. The Morgan fingerprint density at radius 3 is 2.67 bits per heavy atom. The fourth-order valence-corrected chi connectivity index (χ4v) is 4.32. The lowest BCUT2D eigenvalue weighted by atomic mass is 10.2. The van der Waals surface area contributed by atoms with Crippen LogP contribution in [-0.2, 0) is 0 Å². The van der Waals surface area contributed by atoms with Crippen LogP contribution in [0.25, 0.3) is 0 Å². The van der Waals surface area contributed by atoms with E-state index in [4.69, 9.17) is 0 Å². The normalized spacial score (nSPS) is 28.8. The van der Waals surface area contributed by atoms with Crippen molar-refractivity contribution in [1.82, 2.24) is 15.5 Å². The number of guanidine groups is 1. The molecule has 1 heterocycles. The van der Waals surface area contributed by atoms with E-state index in [0.29, 0.717) is 12.1 Å². The summed E-state index contributed by atoms with van der Waals surface area (Å²) in [5, 5.41) is 7.98. The first kappa shape index (κ1) is 16.9. The van der Waals surface area contributed by atoms with E-state index >= 15 is 0 Å². The molecule has 2 rings (SSSR count). The standard InChI is InChI=1S/C16H32N4S/c1-4-14(20-9-5-6-10-20)12-18-16(17-2)19-13-7-8-15(11-13)21-3/h13-15H,4-12H2,1-3H3,(H2,17,18,19). The second kappa shape index (κ2) is 8.89. The van der Waals surface area contributed by atoms with Crippen LogP contribution in [-0.4, -0.2) is 61.1 Å². The molecule has 0 aromatic rings. The van der Waals surface area contributed by atoms with Crippen molar-refractivity contribution in [2.45, 2.75) is 62.8 Å². The summed E-state index contributed by atoms with van der Waals surface area (Å²) in [7, 11) is 1.88. The minimum Gasteiger partial charge on any atom is -0.355 e. The summed E-state index contributed by atoms with van der Waals surface area (Å²) in [6.45, 7) is 5.84. The molecule has 1 saturated carbocycles. The maximum absolute atomic E-state index is 4.40. The molecule has 0 amide bonds. The Balaban J connectivity index is 1.74. The van der Waals surface area contributed by atoms with Crippen LogP contribution in [0.1, 0.15) is 45.4 Å². The van der Waals surface area contributed by atoms with Crippen molar-refractivity contribution in [3.63, 3.8) is 0 Å². The molecule has 3 unspecified atom stereocenters. The Kier molecular flexibility index (Phi) is 7.17. The summed E-state index contributed by atoms with van der Waals surface area (Å²) in [6.07, 6.45) is 10.0. The first-order chi connectivity index (χ1) is 10.3. The van der Waals surface area contributed by atoms with Gasteiger partial charge in [0.25, 0.3) is 0 Å². The van der Waals surface area contributed by atoms with Crippen molar-refractivity contribution in [3.05, 3.63) is 0 Å². The molecule has 2 aliphatic rings. The smallest absolute Gasteiger partial charge is 0.191 e. The average molecular weight is 313 g/mol. The molecule has 0 radical (unpaired) electrons. The molecule has 21 heavy (non-hydrogen) atoms. The van der Waals surface area contributed by atoms with Gasteiger partial charge in [-0.25, -0.2) is 0 Å². The van der Waals surface area contributed by atoms with Gasteiger partial charge in [0, 0.05) is 30.9 Å². The van der Waals surface area contributed by atoms with Crippen molar-refractivity contribution in [2.24, 2.45) is 4.99 Å². The Labute approximate surface area is 134 Å². The molecule has 2 fully saturated rings. The van der Waals surface area contributed by atoms with E-state index in [0.717, 1.165) is 17.8 Å². The van der Waals surface area contributed by atoms with Gasteiger partial charge in [0.15, 0.2) is 5.96 Å². The van der Waals surface area contributed by atoms with Gasteiger partial charge < -0.3 is 10.6 Å². The third kappa shape index (κ3) is 5.06. The molecule has 5 heteroatoms. The van der Waals surface area contributed by atoms with Crippen molar-refractivity contribution >= 4 is 17.7 Å². The SMILES string of the molecule is CCC(CNC(=NC)NC1CCC(SC)C1)N1CCCC1. The fraction of sp³-hybridized carbons (Fsp3) is 0.938. The van der Waals surface area contributed by atoms with Crippen LogP contribution in [0.4, 0.5) is 0 Å². The zero-order valence-electron chi connectivity index (χ0n) is 13.9. The zero-order valence-corrected chi connectivity index (χ0v) is 14.7. The number of hydrogen-bond donors (Lipinski definition) is 2. The molecule has 0 aromatic carbocycles. The highest BCUT2D eigenvalue weighted by atomic mass is 32.2. The average Bonchev–Trinajstić information content (AvgIpc) is 3.18. The second-order valence-electron chi connectivity index (χ2n) is 6.27. The van der Waals surface area contributed by atoms with Gasteiger partial charge in [-0.05, 0) is 57.9 Å². The van der Waals surface area contributed by atoms with E-state index in [1.165, 1.54) is 51.6 Å². The predicted molar refractivity (Wildman–Crippen MR) is 94.3 cm³/mol. The Hall–Kier alpha value is -0.420. The molecule has 0 aromatic heterocycles. The summed E-state index contributed by atoms with van der Waals surface area (Å²) in [5.74, 6) is 0.986. The lowest BCUT2D eigenvalue weighted by molar-refractivity contribution is 0.236. The first-order valence-electron chi connectivity index (χ1n) is 8.50. The third-order valence-corrected chi connectivity index (χ3v) is 6.01. The molecule has 3 atom stereocenters. The van der Waals surface area contributed by atoms with Crippen LogP contribution in [0.2, 0.25) is 0 Å². The number of rotatable bonds is 6. The van der Waals surface area contributed by atoms with Crippen molar-refractivity contribution in [3.8, 4) is 0 Å². The second-order valence-corrected chi connectivity index (χ2v) is 7.41. The highest BCUT2D eigenvalue weighted by molar-refractivity contribution is 7.99. The quantitative estimate of drug-likeness (QED) is 0.583. The molecule has 1 saturated heterocycles. The zero-order chi connectivity index (χ0) is 15.1. The number of hydrogen-bond acceptors (Lipinski definition) is 3. The van der Waals surface area contributed by atoms with E-state index in [9.17, 15) is 0 Å². The van der Waals surface area contributed by atoms with Gasteiger partial charge in [0.2, 0.25) is 0 Å². The maximum atomic E-state index is 4.40. The summed E-state index contributed by atoms with van der Waals surface area (Å²) < 4.78 is 0. The van der Waals surface area contributed by atoms with Gasteiger partial charge in [0.1, 0.15) is 0 Å². The summed E-state index contributed by atoms with van der Waals surface area (Å²) in [5.41, 5.74) is 0. The minimum absolute atomic E-state index is 0.598. The first-order valence-corrected chi connectivity index (χ1v) is 9.79.